The highest BCUT2D eigenvalue weighted by molar-refractivity contribution is 5.84. The van der Waals surface area contributed by atoms with Gasteiger partial charge in [-0.2, -0.15) is 0 Å². The molecule has 2 rings (SSSR count). The van der Waals surface area contributed by atoms with Crippen LogP contribution < -0.4 is 11.5 Å². The molecule has 0 spiro atoms. The number of hydrazone groups is 1. The summed E-state index contributed by atoms with van der Waals surface area (Å²) in [5, 5.41) is 5.62. The van der Waals surface area contributed by atoms with Crippen LogP contribution in [0.2, 0.25) is 0 Å². The largest absolute Gasteiger partial charge is 0.445 e. The van der Waals surface area contributed by atoms with Gasteiger partial charge in [-0.25, -0.2) is 5.01 Å². The fourth-order valence-electron chi connectivity index (χ4n) is 1.61. The van der Waals surface area contributed by atoms with Gasteiger partial charge in [0.1, 0.15) is 0 Å². The number of amides is 1. The molecule has 6 nitrogen and oxygen atoms in total. The molecule has 17 heavy (non-hydrogen) atoms. The zero-order chi connectivity index (χ0) is 12.4. The highest BCUT2D eigenvalue weighted by Crippen LogP contribution is 2.16. The van der Waals surface area contributed by atoms with E-state index in [9.17, 15) is 4.79 Å². The van der Waals surface area contributed by atoms with Gasteiger partial charge in [-0.15, -0.1) is 5.10 Å². The molecule has 0 aliphatic carbocycles. The Morgan fingerprint density at radius 1 is 1.47 bits per heavy atom. The number of benzene rings is 1. The van der Waals surface area contributed by atoms with Crippen LogP contribution in [0.15, 0.2) is 29.4 Å². The molecule has 0 fully saturated rings. The van der Waals surface area contributed by atoms with Crippen molar-refractivity contribution < 1.29 is 9.53 Å². The van der Waals surface area contributed by atoms with Crippen molar-refractivity contribution in [1.29, 1.82) is 0 Å². The van der Waals surface area contributed by atoms with Gasteiger partial charge in [0, 0.05) is 12.6 Å². The predicted octanol–water partition coefficient (Wildman–Crippen LogP) is 0.246. The summed E-state index contributed by atoms with van der Waals surface area (Å²) in [5.41, 5.74) is 12.5. The fraction of sp³-hybridized carbons (Fsp3) is 0.273. The molecule has 1 amide bonds. The Balaban J connectivity index is 2.11. The van der Waals surface area contributed by atoms with E-state index in [1.54, 1.807) is 19.1 Å². The average Bonchev–Trinajstić information content (AvgIpc) is 2.63. The minimum Gasteiger partial charge on any atom is -0.445 e. The first-order valence-electron chi connectivity index (χ1n) is 5.18. The normalized spacial score (nSPS) is 18.8. The number of rotatable bonds is 3. The van der Waals surface area contributed by atoms with Gasteiger partial charge >= 0.3 is 0 Å². The van der Waals surface area contributed by atoms with E-state index in [0.29, 0.717) is 18.1 Å². The van der Waals surface area contributed by atoms with E-state index >= 15 is 0 Å². The van der Waals surface area contributed by atoms with E-state index in [0.717, 1.165) is 5.56 Å². The van der Waals surface area contributed by atoms with Crippen molar-refractivity contribution in [3.05, 3.63) is 29.8 Å². The average molecular weight is 234 g/mol. The summed E-state index contributed by atoms with van der Waals surface area (Å²) in [7, 11) is 0. The lowest BCUT2D eigenvalue weighted by atomic mass is 10.2. The lowest BCUT2D eigenvalue weighted by molar-refractivity contribution is -0.132. The summed E-state index contributed by atoms with van der Waals surface area (Å²) in [4.78, 5) is 11.2. The standard InChI is InChI=1S/C11H14N4O2/c1-7-14-15(11(17-7)10(13)16)6-8-2-4-9(12)5-3-8/h2-5,11H,6,12H2,1H3,(H2,13,16). The van der Waals surface area contributed by atoms with Crippen LogP contribution in [-0.4, -0.2) is 23.0 Å². The van der Waals surface area contributed by atoms with Crippen molar-refractivity contribution in [3.63, 3.8) is 0 Å². The van der Waals surface area contributed by atoms with Crippen molar-refractivity contribution in [1.82, 2.24) is 5.01 Å². The zero-order valence-electron chi connectivity index (χ0n) is 9.46. The van der Waals surface area contributed by atoms with Crippen molar-refractivity contribution in [2.24, 2.45) is 10.8 Å². The second-order valence-electron chi connectivity index (χ2n) is 3.83. The lowest BCUT2D eigenvalue weighted by Gasteiger charge is -2.19. The van der Waals surface area contributed by atoms with E-state index < -0.39 is 12.1 Å². The molecule has 0 radical (unpaired) electrons. The maximum atomic E-state index is 11.2. The second-order valence-corrected chi connectivity index (χ2v) is 3.83. The van der Waals surface area contributed by atoms with Crippen LogP contribution in [0.1, 0.15) is 12.5 Å². The summed E-state index contributed by atoms with van der Waals surface area (Å²) in [6, 6.07) is 7.33. The number of hydrogen-bond donors (Lipinski definition) is 2. The van der Waals surface area contributed by atoms with Gasteiger partial charge in [0.25, 0.3) is 12.1 Å². The third kappa shape index (κ3) is 2.47. The molecule has 0 aromatic heterocycles. The Bertz CT molecular complexity index is 455. The number of carbonyl (C=O) groups excluding carboxylic acids is 1. The van der Waals surface area contributed by atoms with Gasteiger partial charge in [-0.1, -0.05) is 12.1 Å². The third-order valence-electron chi connectivity index (χ3n) is 2.39. The lowest BCUT2D eigenvalue weighted by Crippen LogP contribution is -2.40. The van der Waals surface area contributed by atoms with Crippen LogP contribution in [0.5, 0.6) is 0 Å². The Hall–Kier alpha value is -2.24. The van der Waals surface area contributed by atoms with Crippen LogP contribution in [0.3, 0.4) is 0 Å². The summed E-state index contributed by atoms with van der Waals surface area (Å²) < 4.78 is 5.21. The molecule has 1 aromatic rings. The van der Waals surface area contributed by atoms with Crippen molar-refractivity contribution in [3.8, 4) is 0 Å². The Morgan fingerprint density at radius 2 is 2.12 bits per heavy atom. The fourth-order valence-corrected chi connectivity index (χ4v) is 1.61. The zero-order valence-corrected chi connectivity index (χ0v) is 9.46. The first kappa shape index (κ1) is 11.3. The highest BCUT2D eigenvalue weighted by atomic mass is 16.5. The van der Waals surface area contributed by atoms with E-state index in [1.165, 1.54) is 5.01 Å². The second kappa shape index (κ2) is 4.32. The molecule has 4 N–H and O–H groups in total. The van der Waals surface area contributed by atoms with Crippen LogP contribution in [0.25, 0.3) is 0 Å². The van der Waals surface area contributed by atoms with Crippen molar-refractivity contribution >= 4 is 17.5 Å². The summed E-state index contributed by atoms with van der Waals surface area (Å²) in [5.74, 6) is -0.120. The maximum absolute atomic E-state index is 11.2. The maximum Gasteiger partial charge on any atom is 0.281 e. The quantitative estimate of drug-likeness (QED) is 0.733. The molecule has 90 valence electrons. The first-order chi connectivity index (χ1) is 8.06. The van der Waals surface area contributed by atoms with E-state index in [4.69, 9.17) is 16.2 Å². The molecule has 0 saturated carbocycles. The van der Waals surface area contributed by atoms with Gasteiger partial charge in [0.05, 0.1) is 6.54 Å². The van der Waals surface area contributed by atoms with E-state index in [2.05, 4.69) is 5.10 Å². The Morgan fingerprint density at radius 3 is 2.71 bits per heavy atom. The van der Waals surface area contributed by atoms with E-state index in [1.807, 2.05) is 12.1 Å². The van der Waals surface area contributed by atoms with Crippen molar-refractivity contribution in [2.45, 2.75) is 19.7 Å². The minimum atomic E-state index is -0.826. The highest BCUT2D eigenvalue weighted by Gasteiger charge is 2.30. The molecule has 1 atom stereocenters. The SMILES string of the molecule is CC1=NN(Cc2ccc(N)cc2)C(C(N)=O)O1. The number of ether oxygens (including phenoxy) is 1. The van der Waals surface area contributed by atoms with Gasteiger partial charge in [-0.05, 0) is 17.7 Å². The number of hydrogen-bond acceptors (Lipinski definition) is 5. The first-order valence-corrected chi connectivity index (χ1v) is 5.18. The summed E-state index contributed by atoms with van der Waals surface area (Å²) >= 11 is 0. The molecule has 0 bridgehead atoms. The third-order valence-corrected chi connectivity index (χ3v) is 2.39. The van der Waals surface area contributed by atoms with Crippen molar-refractivity contribution in [2.75, 3.05) is 5.73 Å². The summed E-state index contributed by atoms with van der Waals surface area (Å²) in [6.07, 6.45) is -0.826. The molecule has 0 saturated heterocycles. The van der Waals surface area contributed by atoms with Gasteiger partial charge < -0.3 is 16.2 Å². The van der Waals surface area contributed by atoms with Gasteiger partial charge in [-0.3, -0.25) is 4.79 Å². The molecule has 1 aliphatic heterocycles. The number of anilines is 1. The van der Waals surface area contributed by atoms with Crippen LogP contribution in [-0.2, 0) is 16.1 Å². The molecular weight excluding hydrogens is 220 g/mol. The Labute approximate surface area is 98.8 Å². The predicted molar refractivity (Wildman–Crippen MR) is 63.6 cm³/mol. The summed E-state index contributed by atoms with van der Waals surface area (Å²) in [6.45, 7) is 2.13. The number of carbonyl (C=O) groups is 1. The molecule has 1 aromatic carbocycles. The van der Waals surface area contributed by atoms with Gasteiger partial charge in [0.2, 0.25) is 5.90 Å². The number of nitrogen functional groups attached to an aromatic ring is 1. The number of primary amides is 1. The minimum absolute atomic E-state index is 0.434. The molecular formula is C11H14N4O2. The Kier molecular flexibility index (Phi) is 2.86. The smallest absolute Gasteiger partial charge is 0.281 e. The topological polar surface area (TPSA) is 93.9 Å². The molecule has 6 heteroatoms. The van der Waals surface area contributed by atoms with Crippen LogP contribution in [0.4, 0.5) is 5.69 Å². The van der Waals surface area contributed by atoms with Gasteiger partial charge in [0.15, 0.2) is 0 Å². The van der Waals surface area contributed by atoms with E-state index in [-0.39, 0.29) is 0 Å². The number of nitrogens with two attached hydrogens (primary N) is 2. The molecule has 1 unspecified atom stereocenters. The molecule has 1 aliphatic rings. The number of nitrogens with zero attached hydrogens (tertiary/aromatic N) is 2. The van der Waals surface area contributed by atoms with Crippen LogP contribution >= 0.6 is 0 Å². The monoisotopic (exact) mass is 234 g/mol. The van der Waals surface area contributed by atoms with Crippen LogP contribution in [0, 0.1) is 0 Å². The molecule has 1 heterocycles.